The van der Waals surface area contributed by atoms with Crippen LogP contribution in [0.1, 0.15) is 243 Å². The van der Waals surface area contributed by atoms with E-state index in [4.69, 9.17) is 56.8 Å². The molecule has 0 aliphatic carbocycles. The molecule has 0 N–H and O–H groups in total. The second-order valence-corrected chi connectivity index (χ2v) is 36.9. The molecule has 8 aromatic carbocycles. The van der Waals surface area contributed by atoms with Gasteiger partial charge in [-0.25, -0.2) is 0 Å². The van der Waals surface area contributed by atoms with Crippen LogP contribution in [0.5, 0.6) is 0 Å². The maximum atomic E-state index is 4.94. The summed E-state index contributed by atoms with van der Waals surface area (Å²) in [6.07, 6.45) is 27.9. The Bertz CT molecular complexity index is 3150. The van der Waals surface area contributed by atoms with Gasteiger partial charge in [-0.15, -0.1) is 0 Å². The first-order chi connectivity index (χ1) is 61.1. The van der Waals surface area contributed by atoms with Gasteiger partial charge in [-0.3, -0.25) is 0 Å². The maximum Gasteiger partial charge on any atom is 2.00 e. The Morgan fingerprint density at radius 3 is 0.228 bits per heavy atom. The molecule has 0 aromatic heterocycles. The molecule has 12 aliphatic rings. The summed E-state index contributed by atoms with van der Waals surface area (Å²) in [5.41, 5.74) is 32.2. The standard InChI is InChI=1S/2C32H36B.12C4H8O.Mg/c2*1-21-9-22(2)14-29(13-21)33(30-15-23(3)10-24(4)16-30,31-17-25(5)11-26(6)18-31)32-19-27(7)12-28(8)20-32;12*1-2-4-5-3-1;/h2*9-20H,1-8H3;12*1-4H2;/q2*-1;;;;;;;;;;;;;+2. The largest absolute Gasteiger partial charge is 2.00 e. The molecular weight excluding hydrogens is 1580 g/mol. The van der Waals surface area contributed by atoms with Crippen molar-refractivity contribution in [2.75, 3.05) is 159 Å². The second-order valence-electron chi connectivity index (χ2n) is 36.9. The van der Waals surface area contributed by atoms with Crippen molar-refractivity contribution in [3.05, 3.63) is 235 Å². The van der Waals surface area contributed by atoms with E-state index in [1.165, 1.54) is 287 Å². The van der Waals surface area contributed by atoms with E-state index in [1.807, 2.05) is 0 Å². The molecule has 0 unspecified atom stereocenters. The van der Waals surface area contributed by atoms with Gasteiger partial charge in [0.2, 0.25) is 0 Å². The van der Waals surface area contributed by atoms with Crippen LogP contribution in [0.25, 0.3) is 0 Å². The fourth-order valence-electron chi connectivity index (χ4n) is 18.5. The summed E-state index contributed by atoms with van der Waals surface area (Å²) in [4.78, 5) is 0. The third-order valence-corrected chi connectivity index (χ3v) is 23.9. The SMILES string of the molecule is C1CCOC1.C1CCOC1.C1CCOC1.C1CCOC1.C1CCOC1.C1CCOC1.C1CCOC1.C1CCOC1.C1CCOC1.C1CCOC1.C1CCOC1.C1CCOC1.Cc1cc(C)cc([B-](c2cc(C)cc(C)c2)(c2cc(C)cc(C)c2)c2cc(C)cc(C)c2)c1.Cc1cc(C)cc([B-](c2cc(C)cc(C)c2)(c2cc(C)cc(C)c2)c2cc(C)cc(C)c2)c1.[Mg+2]. The van der Waals surface area contributed by atoms with E-state index in [2.05, 4.69) is 256 Å². The van der Waals surface area contributed by atoms with Crippen molar-refractivity contribution < 1.29 is 56.8 Å². The molecule has 696 valence electrons. The van der Waals surface area contributed by atoms with Crippen LogP contribution in [-0.2, 0) is 56.8 Å². The molecule has 12 heterocycles. The van der Waals surface area contributed by atoms with E-state index >= 15 is 0 Å². The van der Waals surface area contributed by atoms with Crippen LogP contribution < -0.4 is 43.7 Å². The quantitative estimate of drug-likeness (QED) is 0.135. The summed E-state index contributed by atoms with van der Waals surface area (Å²) >= 11 is 0. The van der Waals surface area contributed by atoms with Gasteiger partial charge in [-0.05, 0) is 265 Å². The van der Waals surface area contributed by atoms with Crippen LogP contribution in [0.4, 0.5) is 0 Å². The second kappa shape index (κ2) is 64.9. The molecule has 20 rings (SSSR count). The van der Waals surface area contributed by atoms with Gasteiger partial charge < -0.3 is 56.8 Å². The van der Waals surface area contributed by atoms with Gasteiger partial charge in [-0.1, -0.05) is 235 Å². The van der Waals surface area contributed by atoms with Crippen molar-refractivity contribution in [3.8, 4) is 0 Å². The maximum absolute atomic E-state index is 4.94. The fourth-order valence-corrected chi connectivity index (χ4v) is 18.5. The van der Waals surface area contributed by atoms with Gasteiger partial charge in [-0.2, -0.15) is 43.7 Å². The van der Waals surface area contributed by atoms with Crippen molar-refractivity contribution in [1.29, 1.82) is 0 Å². The van der Waals surface area contributed by atoms with Crippen molar-refractivity contribution in [2.24, 2.45) is 0 Å². The zero-order valence-corrected chi connectivity index (χ0v) is 84.0. The molecule has 12 aliphatic heterocycles. The average Bonchev–Trinajstić information content (AvgIpc) is 0.929. The Kier molecular flexibility index (Phi) is 56.2. The molecule has 12 saturated heterocycles. The smallest absolute Gasteiger partial charge is 0.381 e. The van der Waals surface area contributed by atoms with Gasteiger partial charge in [0.15, 0.2) is 0 Å². The zero-order valence-electron chi connectivity index (χ0n) is 82.6. The minimum atomic E-state index is -1.37. The average molecular weight is 1750 g/mol. The summed E-state index contributed by atoms with van der Waals surface area (Å²) in [6.45, 7) is 59.6. The Morgan fingerprint density at radius 2 is 0.181 bits per heavy atom. The summed E-state index contributed by atoms with van der Waals surface area (Å²) in [7, 11) is 0. The monoisotopic (exact) mass is 1750 g/mol. The van der Waals surface area contributed by atoms with E-state index < -0.39 is 12.3 Å². The Labute approximate surface area is 788 Å². The minimum Gasteiger partial charge on any atom is -0.381 e. The number of benzene rings is 8. The van der Waals surface area contributed by atoms with Crippen LogP contribution >= 0.6 is 0 Å². The minimum absolute atomic E-state index is 0. The molecule has 0 radical (unpaired) electrons. The zero-order chi connectivity index (χ0) is 90.3. The normalized spacial score (nSPS) is 17.4. The first-order valence-electron chi connectivity index (χ1n) is 49.1. The molecule has 0 spiro atoms. The van der Waals surface area contributed by atoms with Crippen LogP contribution in [0.15, 0.2) is 146 Å². The van der Waals surface area contributed by atoms with E-state index in [1.54, 1.807) is 0 Å². The van der Waals surface area contributed by atoms with E-state index in [-0.39, 0.29) is 23.1 Å². The van der Waals surface area contributed by atoms with Crippen LogP contribution in [-0.4, -0.2) is 194 Å². The molecular formula is C112H168B2MgO12. The Hall–Kier alpha value is -5.82. The summed E-state index contributed by atoms with van der Waals surface area (Å²) in [6, 6.07) is 57.0. The van der Waals surface area contributed by atoms with E-state index in [0.29, 0.717) is 0 Å². The predicted molar refractivity (Wildman–Crippen MR) is 542 cm³/mol. The molecule has 127 heavy (non-hydrogen) atoms. The van der Waals surface area contributed by atoms with Gasteiger partial charge in [0, 0.05) is 159 Å². The van der Waals surface area contributed by atoms with E-state index in [0.717, 1.165) is 159 Å². The number of aryl methyl sites for hydroxylation is 16. The predicted octanol–water partition coefficient (Wildman–Crippen LogP) is 20.2. The fraction of sp³-hybridized carbons (Fsp3) is 0.571. The molecule has 8 aromatic rings. The molecule has 15 heteroatoms. The van der Waals surface area contributed by atoms with Crippen LogP contribution in [0, 0.1) is 111 Å². The van der Waals surface area contributed by atoms with Gasteiger partial charge in [0.05, 0.1) is 0 Å². The number of rotatable bonds is 8. The topological polar surface area (TPSA) is 111 Å². The third kappa shape index (κ3) is 42.7. The van der Waals surface area contributed by atoms with Crippen molar-refractivity contribution in [2.45, 2.75) is 265 Å². The molecule has 0 saturated carbocycles. The van der Waals surface area contributed by atoms with Crippen LogP contribution in [0.3, 0.4) is 0 Å². The first kappa shape index (κ1) is 110. The van der Waals surface area contributed by atoms with Gasteiger partial charge in [0.1, 0.15) is 12.3 Å². The molecule has 12 nitrogen and oxygen atoms in total. The number of hydrogen-bond donors (Lipinski definition) is 0. The molecule has 0 bridgehead atoms. The Balaban J connectivity index is 0.000000237. The van der Waals surface area contributed by atoms with Crippen molar-refractivity contribution >= 4 is 79.0 Å². The van der Waals surface area contributed by atoms with Crippen molar-refractivity contribution in [3.63, 3.8) is 0 Å². The molecule has 0 amide bonds. The number of hydrogen-bond acceptors (Lipinski definition) is 12. The summed E-state index contributed by atoms with van der Waals surface area (Å²) in [5.74, 6) is 0. The summed E-state index contributed by atoms with van der Waals surface area (Å²) in [5, 5.41) is 0. The Morgan fingerprint density at radius 1 is 0.118 bits per heavy atom. The van der Waals surface area contributed by atoms with E-state index in [9.17, 15) is 0 Å². The molecule has 0 atom stereocenters. The van der Waals surface area contributed by atoms with Gasteiger partial charge in [0.25, 0.3) is 0 Å². The van der Waals surface area contributed by atoms with Crippen LogP contribution in [0.2, 0.25) is 0 Å². The first-order valence-corrected chi connectivity index (χ1v) is 49.1. The molecule has 12 fully saturated rings. The number of ether oxygens (including phenoxy) is 12. The summed E-state index contributed by atoms with van der Waals surface area (Å²) < 4.78 is 59.3. The van der Waals surface area contributed by atoms with Crippen molar-refractivity contribution in [1.82, 2.24) is 0 Å². The third-order valence-electron chi connectivity index (χ3n) is 23.9. The van der Waals surface area contributed by atoms with Gasteiger partial charge >= 0.3 is 23.1 Å².